The molecule has 0 saturated heterocycles. The lowest BCUT2D eigenvalue weighted by molar-refractivity contribution is 0.103. The van der Waals surface area contributed by atoms with Gasteiger partial charge < -0.3 is 15.5 Å². The summed E-state index contributed by atoms with van der Waals surface area (Å²) in [6, 6.07) is 11.7. The van der Waals surface area contributed by atoms with Gasteiger partial charge in [0, 0.05) is 22.3 Å². The molecule has 1 aliphatic rings. The third-order valence-corrected chi connectivity index (χ3v) is 6.62. The van der Waals surface area contributed by atoms with Crippen LogP contribution in [-0.2, 0) is 19.3 Å². The molecular formula is C23H21N3O2S. The van der Waals surface area contributed by atoms with Gasteiger partial charge in [-0.25, -0.2) is 4.98 Å². The topological polar surface area (TPSA) is 81.2 Å². The number of carbonyl (C=O) groups excluding carboxylic acids is 1. The zero-order valence-corrected chi connectivity index (χ0v) is 16.9. The van der Waals surface area contributed by atoms with E-state index in [4.69, 9.17) is 15.1 Å². The number of amides is 1. The average Bonchev–Trinajstić information content (AvgIpc) is 3.47. The fraction of sp³-hybridized carbons (Fsp3) is 0.217. The Morgan fingerprint density at radius 1 is 1.24 bits per heavy atom. The number of nitrogens with zero attached hydrogens (tertiary/aromatic N) is 1. The van der Waals surface area contributed by atoms with Crippen LogP contribution in [-0.4, -0.2) is 10.9 Å². The number of nitrogens with two attached hydrogens (primary N) is 1. The summed E-state index contributed by atoms with van der Waals surface area (Å²) in [6.07, 6.45) is 5.49. The van der Waals surface area contributed by atoms with E-state index in [1.807, 2.05) is 36.4 Å². The number of thiophene rings is 1. The van der Waals surface area contributed by atoms with Crippen LogP contribution in [0.25, 0.3) is 21.5 Å². The molecule has 29 heavy (non-hydrogen) atoms. The van der Waals surface area contributed by atoms with Crippen LogP contribution in [0.4, 0.5) is 11.4 Å². The number of hydrogen-bond donors (Lipinski definition) is 2. The highest BCUT2D eigenvalue weighted by atomic mass is 32.1. The van der Waals surface area contributed by atoms with Crippen molar-refractivity contribution in [3.63, 3.8) is 0 Å². The zero-order valence-electron chi connectivity index (χ0n) is 16.1. The lowest BCUT2D eigenvalue weighted by atomic mass is 10.0. The number of pyridine rings is 1. The number of aryl methyl sites for hydroxylation is 2. The van der Waals surface area contributed by atoms with Crippen molar-refractivity contribution in [3.8, 4) is 11.3 Å². The van der Waals surface area contributed by atoms with E-state index in [9.17, 15) is 4.79 Å². The minimum absolute atomic E-state index is 0.197. The van der Waals surface area contributed by atoms with Gasteiger partial charge in [-0.3, -0.25) is 4.79 Å². The minimum atomic E-state index is -0.197. The predicted octanol–water partition coefficient (Wildman–Crippen LogP) is 5.44. The lowest BCUT2D eigenvalue weighted by Crippen LogP contribution is -2.13. The highest BCUT2D eigenvalue weighted by molar-refractivity contribution is 7.21. The van der Waals surface area contributed by atoms with E-state index in [1.165, 1.54) is 16.9 Å². The third kappa shape index (κ3) is 2.91. The molecule has 0 spiro atoms. The van der Waals surface area contributed by atoms with E-state index in [-0.39, 0.29) is 5.91 Å². The summed E-state index contributed by atoms with van der Waals surface area (Å²) in [4.78, 5) is 19.2. The Balaban J connectivity index is 1.64. The highest BCUT2D eigenvalue weighted by Crippen LogP contribution is 2.44. The van der Waals surface area contributed by atoms with E-state index < -0.39 is 0 Å². The van der Waals surface area contributed by atoms with Crippen LogP contribution in [0.3, 0.4) is 0 Å². The monoisotopic (exact) mass is 403 g/mol. The van der Waals surface area contributed by atoms with Gasteiger partial charge >= 0.3 is 0 Å². The molecule has 5 rings (SSSR count). The number of aromatic nitrogens is 1. The number of anilines is 2. The van der Waals surface area contributed by atoms with Crippen molar-refractivity contribution in [1.82, 2.24) is 4.98 Å². The van der Waals surface area contributed by atoms with Gasteiger partial charge in [0.15, 0.2) is 0 Å². The van der Waals surface area contributed by atoms with E-state index in [0.717, 1.165) is 64.2 Å². The zero-order chi connectivity index (χ0) is 20.0. The first-order chi connectivity index (χ1) is 14.2. The van der Waals surface area contributed by atoms with Gasteiger partial charge in [0.25, 0.3) is 5.91 Å². The summed E-state index contributed by atoms with van der Waals surface area (Å²) in [6.45, 7) is 2.07. The maximum absolute atomic E-state index is 13.1. The molecule has 0 aliphatic heterocycles. The molecule has 3 heterocycles. The number of fused-ring (bicyclic) bond motifs is 2. The van der Waals surface area contributed by atoms with Gasteiger partial charge in [0.2, 0.25) is 0 Å². The average molecular weight is 404 g/mol. The highest BCUT2D eigenvalue weighted by Gasteiger charge is 2.27. The molecule has 3 aromatic heterocycles. The van der Waals surface area contributed by atoms with Gasteiger partial charge in [0.05, 0.1) is 12.0 Å². The van der Waals surface area contributed by atoms with Gasteiger partial charge in [-0.15, -0.1) is 11.3 Å². The number of nitrogen functional groups attached to an aromatic ring is 1. The van der Waals surface area contributed by atoms with Gasteiger partial charge in [-0.05, 0) is 55.0 Å². The summed E-state index contributed by atoms with van der Waals surface area (Å²) in [5, 5.41) is 3.86. The van der Waals surface area contributed by atoms with Crippen LogP contribution in [0.2, 0.25) is 0 Å². The number of benzene rings is 1. The molecule has 0 bridgehead atoms. The molecule has 5 nitrogen and oxygen atoms in total. The molecule has 0 saturated carbocycles. The van der Waals surface area contributed by atoms with Gasteiger partial charge in [-0.2, -0.15) is 0 Å². The number of hydrogen-bond acceptors (Lipinski definition) is 5. The molecule has 6 heteroatoms. The number of carbonyl (C=O) groups is 1. The fourth-order valence-corrected chi connectivity index (χ4v) is 5.16. The fourth-order valence-electron chi connectivity index (χ4n) is 4.14. The number of furan rings is 1. The van der Waals surface area contributed by atoms with Crippen molar-refractivity contribution in [2.75, 3.05) is 11.1 Å². The third-order valence-electron chi connectivity index (χ3n) is 5.52. The molecule has 1 aromatic carbocycles. The maximum atomic E-state index is 13.1. The van der Waals surface area contributed by atoms with Crippen molar-refractivity contribution >= 4 is 38.8 Å². The molecule has 0 unspecified atom stereocenters. The maximum Gasteiger partial charge on any atom is 0.267 e. The van der Waals surface area contributed by atoms with E-state index >= 15 is 0 Å². The molecular weight excluding hydrogens is 382 g/mol. The van der Waals surface area contributed by atoms with Crippen molar-refractivity contribution in [1.29, 1.82) is 0 Å². The summed E-state index contributed by atoms with van der Waals surface area (Å²) in [7, 11) is 0. The molecule has 4 aromatic rings. The first kappa shape index (κ1) is 17.9. The largest absolute Gasteiger partial charge is 0.464 e. The molecule has 3 N–H and O–H groups in total. The predicted molar refractivity (Wildman–Crippen MR) is 118 cm³/mol. The number of rotatable bonds is 4. The van der Waals surface area contributed by atoms with Crippen molar-refractivity contribution in [2.24, 2.45) is 0 Å². The number of nitrogens with one attached hydrogen (secondary N) is 1. The second-order valence-electron chi connectivity index (χ2n) is 7.23. The number of para-hydroxylation sites is 1. The SMILES string of the molecule is CCc1ccccc1NC(=O)c1sc2nc3c(c(-c4ccco4)c2c1N)CCC3. The van der Waals surface area contributed by atoms with Crippen molar-refractivity contribution in [2.45, 2.75) is 32.6 Å². The normalized spacial score (nSPS) is 13.0. The molecule has 0 fully saturated rings. The van der Waals surface area contributed by atoms with Crippen LogP contribution >= 0.6 is 11.3 Å². The Kier molecular flexibility index (Phi) is 4.36. The summed E-state index contributed by atoms with van der Waals surface area (Å²) in [5.41, 5.74) is 12.2. The molecule has 0 radical (unpaired) electrons. The van der Waals surface area contributed by atoms with E-state index in [1.54, 1.807) is 6.26 Å². The minimum Gasteiger partial charge on any atom is -0.464 e. The standard InChI is InChI=1S/C23H21N3O2S/c1-2-13-7-3-4-9-15(13)25-22(27)21-20(24)19-18(17-11-6-12-28-17)14-8-5-10-16(14)26-23(19)29-21/h3-4,6-7,9,11-12H,2,5,8,10,24H2,1H3,(H,25,27). The Morgan fingerprint density at radius 2 is 2.10 bits per heavy atom. The Bertz CT molecular complexity index is 1220. The summed E-state index contributed by atoms with van der Waals surface area (Å²) >= 11 is 1.35. The van der Waals surface area contributed by atoms with Crippen LogP contribution < -0.4 is 11.1 Å². The Labute approximate surface area is 172 Å². The van der Waals surface area contributed by atoms with Crippen LogP contribution in [0.5, 0.6) is 0 Å². The van der Waals surface area contributed by atoms with E-state index in [2.05, 4.69) is 12.2 Å². The smallest absolute Gasteiger partial charge is 0.267 e. The van der Waals surface area contributed by atoms with Crippen LogP contribution in [0.15, 0.2) is 47.1 Å². The van der Waals surface area contributed by atoms with Gasteiger partial charge in [-0.1, -0.05) is 25.1 Å². The van der Waals surface area contributed by atoms with Crippen LogP contribution in [0.1, 0.15) is 39.8 Å². The summed E-state index contributed by atoms with van der Waals surface area (Å²) < 4.78 is 5.72. The molecule has 0 atom stereocenters. The second-order valence-corrected chi connectivity index (χ2v) is 8.23. The molecule has 1 amide bonds. The molecule has 1 aliphatic carbocycles. The second kappa shape index (κ2) is 7.04. The first-order valence-electron chi connectivity index (χ1n) is 9.84. The first-order valence-corrected chi connectivity index (χ1v) is 10.7. The van der Waals surface area contributed by atoms with Crippen LogP contribution in [0, 0.1) is 0 Å². The Morgan fingerprint density at radius 3 is 2.90 bits per heavy atom. The van der Waals surface area contributed by atoms with Crippen molar-refractivity contribution < 1.29 is 9.21 Å². The van der Waals surface area contributed by atoms with Gasteiger partial charge in [0.1, 0.15) is 15.5 Å². The van der Waals surface area contributed by atoms with E-state index in [0.29, 0.717) is 10.6 Å². The quantitative estimate of drug-likeness (QED) is 0.475. The van der Waals surface area contributed by atoms with Crippen molar-refractivity contribution in [3.05, 3.63) is 64.4 Å². The molecule has 146 valence electrons. The lowest BCUT2D eigenvalue weighted by Gasteiger charge is -2.10. The Hall–Kier alpha value is -3.12. The summed E-state index contributed by atoms with van der Waals surface area (Å²) in [5.74, 6) is 0.584.